The number of nitrogens with zero attached hydrogens (tertiary/aromatic N) is 1. The van der Waals surface area contributed by atoms with Crippen LogP contribution < -0.4 is 10.9 Å². The number of nitrogens with one attached hydrogen (secondary N) is 2. The van der Waals surface area contributed by atoms with E-state index in [9.17, 15) is 4.79 Å². The second kappa shape index (κ2) is 4.57. The molecule has 82 valence electrons. The molecule has 1 aromatic rings. The van der Waals surface area contributed by atoms with E-state index >= 15 is 0 Å². The average molecular weight is 207 g/mol. The highest BCUT2D eigenvalue weighted by atomic mass is 16.1. The van der Waals surface area contributed by atoms with Gasteiger partial charge in [0.25, 0.3) is 5.56 Å². The van der Waals surface area contributed by atoms with Gasteiger partial charge in [0.2, 0.25) is 0 Å². The van der Waals surface area contributed by atoms with Crippen molar-refractivity contribution < 1.29 is 0 Å². The Bertz CT molecular complexity index is 380. The van der Waals surface area contributed by atoms with Gasteiger partial charge in [0.15, 0.2) is 0 Å². The van der Waals surface area contributed by atoms with Crippen molar-refractivity contribution in [3.05, 3.63) is 27.9 Å². The predicted molar refractivity (Wildman–Crippen MR) is 58.9 cm³/mol. The molecular weight excluding hydrogens is 190 g/mol. The van der Waals surface area contributed by atoms with Gasteiger partial charge in [-0.05, 0) is 38.8 Å². The smallest absolute Gasteiger partial charge is 0.253 e. The number of piperidine rings is 1. The maximum absolute atomic E-state index is 11.4. The number of aromatic nitrogens is 2. The Morgan fingerprint density at radius 2 is 2.20 bits per heavy atom. The monoisotopic (exact) mass is 207 g/mol. The lowest BCUT2D eigenvalue weighted by Crippen LogP contribution is -2.29. The zero-order valence-corrected chi connectivity index (χ0v) is 9.05. The van der Waals surface area contributed by atoms with E-state index in [0.29, 0.717) is 11.5 Å². The summed E-state index contributed by atoms with van der Waals surface area (Å²) in [6, 6.07) is 0. The first-order chi connectivity index (χ1) is 7.25. The summed E-state index contributed by atoms with van der Waals surface area (Å²) in [5.74, 6) is 1.50. The Balaban J connectivity index is 2.03. The van der Waals surface area contributed by atoms with Crippen LogP contribution in [-0.2, 0) is 6.42 Å². The van der Waals surface area contributed by atoms with Gasteiger partial charge >= 0.3 is 0 Å². The highest BCUT2D eigenvalue weighted by molar-refractivity contribution is 5.03. The molecule has 0 bridgehead atoms. The number of hydrogen-bond acceptors (Lipinski definition) is 3. The van der Waals surface area contributed by atoms with Crippen molar-refractivity contribution in [2.24, 2.45) is 5.92 Å². The van der Waals surface area contributed by atoms with Gasteiger partial charge in [0, 0.05) is 18.2 Å². The molecule has 0 aliphatic carbocycles. The van der Waals surface area contributed by atoms with Gasteiger partial charge in [0.05, 0.1) is 0 Å². The molecule has 15 heavy (non-hydrogen) atoms. The third-order valence-electron chi connectivity index (χ3n) is 2.97. The van der Waals surface area contributed by atoms with Crippen LogP contribution in [0.15, 0.2) is 11.0 Å². The van der Waals surface area contributed by atoms with E-state index in [1.807, 2.05) is 0 Å². The first-order valence-corrected chi connectivity index (χ1v) is 5.51. The lowest BCUT2D eigenvalue weighted by molar-refractivity contribution is 0.367. The maximum Gasteiger partial charge on any atom is 0.253 e. The summed E-state index contributed by atoms with van der Waals surface area (Å²) in [5.41, 5.74) is 0.679. The molecule has 0 unspecified atom stereocenters. The standard InChI is InChI=1S/C11H17N3O/c1-8-7-13-10(14-11(8)15)6-9-2-4-12-5-3-9/h7,9,12H,2-6H2,1H3,(H,13,14,15). The first-order valence-electron chi connectivity index (χ1n) is 5.51. The molecule has 0 spiro atoms. The molecule has 0 atom stereocenters. The molecule has 0 radical (unpaired) electrons. The maximum atomic E-state index is 11.4. The topological polar surface area (TPSA) is 57.8 Å². The van der Waals surface area contributed by atoms with E-state index in [2.05, 4.69) is 15.3 Å². The lowest BCUT2D eigenvalue weighted by atomic mass is 9.94. The molecule has 0 saturated carbocycles. The second-order valence-corrected chi connectivity index (χ2v) is 4.24. The molecule has 2 N–H and O–H groups in total. The van der Waals surface area contributed by atoms with E-state index in [-0.39, 0.29) is 5.56 Å². The Hall–Kier alpha value is -1.16. The van der Waals surface area contributed by atoms with Crippen LogP contribution in [0.5, 0.6) is 0 Å². The molecule has 1 aliphatic heterocycles. The number of hydrogen-bond donors (Lipinski definition) is 2. The van der Waals surface area contributed by atoms with Crippen molar-refractivity contribution in [2.75, 3.05) is 13.1 Å². The quantitative estimate of drug-likeness (QED) is 0.747. The van der Waals surface area contributed by atoms with Crippen LogP contribution >= 0.6 is 0 Å². The van der Waals surface area contributed by atoms with Crippen molar-refractivity contribution in [1.82, 2.24) is 15.3 Å². The fourth-order valence-electron chi connectivity index (χ4n) is 1.96. The Morgan fingerprint density at radius 1 is 1.47 bits per heavy atom. The number of H-pyrrole nitrogens is 1. The molecule has 0 aromatic carbocycles. The van der Waals surface area contributed by atoms with E-state index < -0.39 is 0 Å². The second-order valence-electron chi connectivity index (χ2n) is 4.24. The Labute approximate surface area is 89.1 Å². The van der Waals surface area contributed by atoms with Crippen LogP contribution in [-0.4, -0.2) is 23.1 Å². The van der Waals surface area contributed by atoms with Crippen molar-refractivity contribution in [1.29, 1.82) is 0 Å². The zero-order chi connectivity index (χ0) is 10.7. The summed E-state index contributed by atoms with van der Waals surface area (Å²) in [4.78, 5) is 18.5. The lowest BCUT2D eigenvalue weighted by Gasteiger charge is -2.21. The Kier molecular flexibility index (Phi) is 3.16. The number of aryl methyl sites for hydroxylation is 1. The summed E-state index contributed by atoms with van der Waals surface area (Å²) in [6.07, 6.45) is 4.92. The molecule has 2 heterocycles. The van der Waals surface area contributed by atoms with E-state index in [1.54, 1.807) is 13.1 Å². The number of rotatable bonds is 2. The van der Waals surface area contributed by atoms with E-state index in [4.69, 9.17) is 0 Å². The molecule has 1 aromatic heterocycles. The van der Waals surface area contributed by atoms with Crippen molar-refractivity contribution in [3.63, 3.8) is 0 Å². The molecule has 1 saturated heterocycles. The van der Waals surface area contributed by atoms with Gasteiger partial charge in [-0.2, -0.15) is 0 Å². The highest BCUT2D eigenvalue weighted by Gasteiger charge is 2.14. The average Bonchev–Trinajstić information content (AvgIpc) is 2.25. The third kappa shape index (κ3) is 2.65. The SMILES string of the molecule is Cc1cnc(CC2CCNCC2)[nH]c1=O. The van der Waals surface area contributed by atoms with Crippen LogP contribution in [0.1, 0.15) is 24.2 Å². The molecule has 1 aliphatic rings. The van der Waals surface area contributed by atoms with Crippen molar-refractivity contribution in [3.8, 4) is 0 Å². The van der Waals surface area contributed by atoms with Crippen LogP contribution in [0, 0.1) is 12.8 Å². The summed E-state index contributed by atoms with van der Waals surface area (Å²) in [5, 5.41) is 3.33. The molecule has 1 fully saturated rings. The van der Waals surface area contributed by atoms with Gasteiger partial charge in [0.1, 0.15) is 5.82 Å². The van der Waals surface area contributed by atoms with E-state index in [0.717, 1.165) is 25.3 Å². The predicted octanol–water partition coefficient (Wildman–Crippen LogP) is 0.620. The van der Waals surface area contributed by atoms with Crippen LogP contribution in [0.3, 0.4) is 0 Å². The molecule has 2 rings (SSSR count). The van der Waals surface area contributed by atoms with Gasteiger partial charge in [-0.1, -0.05) is 0 Å². The van der Waals surface area contributed by atoms with E-state index in [1.165, 1.54) is 12.8 Å². The largest absolute Gasteiger partial charge is 0.317 e. The fraction of sp³-hybridized carbons (Fsp3) is 0.636. The van der Waals surface area contributed by atoms with Crippen LogP contribution in [0.25, 0.3) is 0 Å². The number of aromatic amines is 1. The summed E-state index contributed by atoms with van der Waals surface area (Å²) < 4.78 is 0. The molecular formula is C11H17N3O. The minimum absolute atomic E-state index is 0.00562. The normalized spacial score (nSPS) is 17.9. The summed E-state index contributed by atoms with van der Waals surface area (Å²) >= 11 is 0. The van der Waals surface area contributed by atoms with Crippen LogP contribution in [0.4, 0.5) is 0 Å². The highest BCUT2D eigenvalue weighted by Crippen LogP contribution is 2.15. The van der Waals surface area contributed by atoms with Gasteiger partial charge in [-0.25, -0.2) is 4.98 Å². The molecule has 4 heteroatoms. The summed E-state index contributed by atoms with van der Waals surface area (Å²) in [7, 11) is 0. The first kappa shape index (κ1) is 10.4. The third-order valence-corrected chi connectivity index (χ3v) is 2.97. The van der Waals surface area contributed by atoms with Crippen molar-refractivity contribution in [2.45, 2.75) is 26.2 Å². The van der Waals surface area contributed by atoms with Gasteiger partial charge < -0.3 is 10.3 Å². The van der Waals surface area contributed by atoms with Crippen LogP contribution in [0.2, 0.25) is 0 Å². The minimum Gasteiger partial charge on any atom is -0.317 e. The minimum atomic E-state index is -0.00562. The Morgan fingerprint density at radius 3 is 2.87 bits per heavy atom. The molecule has 0 amide bonds. The van der Waals surface area contributed by atoms with Gasteiger partial charge in [-0.15, -0.1) is 0 Å². The molecule has 4 nitrogen and oxygen atoms in total. The van der Waals surface area contributed by atoms with Crippen molar-refractivity contribution >= 4 is 0 Å². The fourth-order valence-corrected chi connectivity index (χ4v) is 1.96. The zero-order valence-electron chi connectivity index (χ0n) is 9.05. The van der Waals surface area contributed by atoms with Gasteiger partial charge in [-0.3, -0.25) is 4.79 Å². The summed E-state index contributed by atoms with van der Waals surface area (Å²) in [6.45, 7) is 3.95.